The lowest BCUT2D eigenvalue weighted by Crippen LogP contribution is -2.29. The fraction of sp³-hybridized carbons (Fsp3) is 0.462. The molecule has 0 saturated carbocycles. The second kappa shape index (κ2) is 6.54. The summed E-state index contributed by atoms with van der Waals surface area (Å²) in [6.45, 7) is 4.47. The van der Waals surface area contributed by atoms with Gasteiger partial charge in [0.2, 0.25) is 0 Å². The minimum Gasteiger partial charge on any atom is -0.342 e. The van der Waals surface area contributed by atoms with Crippen molar-refractivity contribution in [1.82, 2.24) is 4.90 Å². The van der Waals surface area contributed by atoms with E-state index in [1.54, 1.807) is 7.05 Å². The minimum absolute atomic E-state index is 0.244. The Morgan fingerprint density at radius 2 is 2.00 bits per heavy atom. The van der Waals surface area contributed by atoms with Gasteiger partial charge in [-0.3, -0.25) is 4.79 Å². The molecule has 112 valence electrons. The molecule has 20 heavy (non-hydrogen) atoms. The van der Waals surface area contributed by atoms with Crippen LogP contribution in [0.5, 0.6) is 0 Å². The molecule has 0 N–H and O–H groups in total. The molecule has 0 aliphatic rings. The van der Waals surface area contributed by atoms with Crippen molar-refractivity contribution in [3.05, 3.63) is 29.6 Å². The molecule has 7 heteroatoms. The fourth-order valence-electron chi connectivity index (χ4n) is 1.64. The van der Waals surface area contributed by atoms with Crippen LogP contribution in [0.2, 0.25) is 0 Å². The van der Waals surface area contributed by atoms with E-state index < -0.39 is 20.8 Å². The molecule has 0 aliphatic carbocycles. The Bertz CT molecular complexity index is 602. The molecule has 0 unspecified atom stereocenters. The highest BCUT2D eigenvalue weighted by Gasteiger charge is 2.23. The van der Waals surface area contributed by atoms with Gasteiger partial charge in [0.1, 0.15) is 5.82 Å². The van der Waals surface area contributed by atoms with Gasteiger partial charge in [0.15, 0.2) is 0 Å². The molecule has 0 aliphatic heterocycles. The number of benzene rings is 1. The molecule has 1 amide bonds. The number of nitrogens with zero attached hydrogens (tertiary/aromatic N) is 1. The second-order valence-corrected chi connectivity index (χ2v) is 7.52. The molecule has 0 fully saturated rings. The summed E-state index contributed by atoms with van der Waals surface area (Å²) < 4.78 is 36.1. The van der Waals surface area contributed by atoms with Crippen molar-refractivity contribution in [1.29, 1.82) is 0 Å². The molecule has 0 atom stereocenters. The average Bonchev–Trinajstić information content (AvgIpc) is 2.33. The lowest BCUT2D eigenvalue weighted by molar-refractivity contribution is 0.0785. The quantitative estimate of drug-likeness (QED) is 0.784. The maximum atomic E-state index is 13.3. The summed E-state index contributed by atoms with van der Waals surface area (Å²) in [6, 6.07) is 2.85. The summed E-state index contributed by atoms with van der Waals surface area (Å²) in [6.07, 6.45) is 0.764. The van der Waals surface area contributed by atoms with Gasteiger partial charge in [-0.15, -0.1) is 0 Å². The second-order valence-electron chi connectivity index (χ2n) is 4.99. The van der Waals surface area contributed by atoms with Crippen molar-refractivity contribution in [3.63, 3.8) is 0 Å². The van der Waals surface area contributed by atoms with Gasteiger partial charge in [0.25, 0.3) is 15.0 Å². The third-order valence-corrected chi connectivity index (χ3v) is 4.20. The standard InChI is InChI=1S/C13H17ClFNO3S/c1-9(2)6-7-16(3)13(17)11-8-10(15)4-5-12(11)20(14,18)19/h4-5,8-9H,6-7H2,1-3H3. The van der Waals surface area contributed by atoms with Crippen LogP contribution in [0.1, 0.15) is 30.6 Å². The number of carbonyl (C=O) groups excluding carboxylic acids is 1. The topological polar surface area (TPSA) is 54.5 Å². The van der Waals surface area contributed by atoms with Gasteiger partial charge < -0.3 is 4.90 Å². The van der Waals surface area contributed by atoms with Gasteiger partial charge in [-0.25, -0.2) is 12.8 Å². The highest BCUT2D eigenvalue weighted by Crippen LogP contribution is 2.22. The average molecular weight is 322 g/mol. The summed E-state index contributed by atoms with van der Waals surface area (Å²) in [4.78, 5) is 13.2. The van der Waals surface area contributed by atoms with Gasteiger partial charge in [-0.1, -0.05) is 13.8 Å². The minimum atomic E-state index is -4.10. The van der Waals surface area contributed by atoms with E-state index in [2.05, 4.69) is 0 Å². The van der Waals surface area contributed by atoms with Crippen LogP contribution in [0.15, 0.2) is 23.1 Å². The van der Waals surface area contributed by atoms with Gasteiger partial charge in [0, 0.05) is 24.3 Å². The van der Waals surface area contributed by atoms with E-state index >= 15 is 0 Å². The van der Waals surface area contributed by atoms with E-state index in [4.69, 9.17) is 10.7 Å². The van der Waals surface area contributed by atoms with Crippen molar-refractivity contribution in [2.24, 2.45) is 5.92 Å². The van der Waals surface area contributed by atoms with Crippen LogP contribution in [-0.4, -0.2) is 32.8 Å². The SMILES string of the molecule is CC(C)CCN(C)C(=O)c1cc(F)ccc1S(=O)(=O)Cl. The molecule has 0 spiro atoms. The Labute approximate surface area is 123 Å². The molecular weight excluding hydrogens is 305 g/mol. The summed E-state index contributed by atoms with van der Waals surface area (Å²) >= 11 is 0. The fourth-order valence-corrected chi connectivity index (χ4v) is 2.68. The lowest BCUT2D eigenvalue weighted by Gasteiger charge is -2.19. The van der Waals surface area contributed by atoms with Gasteiger partial charge >= 0.3 is 0 Å². The van der Waals surface area contributed by atoms with E-state index in [0.29, 0.717) is 12.5 Å². The monoisotopic (exact) mass is 321 g/mol. The molecule has 0 bridgehead atoms. The normalized spacial score (nSPS) is 11.7. The molecular formula is C13H17ClFNO3S. The van der Waals surface area contributed by atoms with Crippen LogP contribution in [0, 0.1) is 11.7 Å². The Hall–Kier alpha value is -1.14. The highest BCUT2D eigenvalue weighted by molar-refractivity contribution is 8.13. The molecule has 1 rings (SSSR count). The van der Waals surface area contributed by atoms with Crippen LogP contribution in [0.3, 0.4) is 0 Å². The summed E-state index contributed by atoms with van der Waals surface area (Å²) in [5.74, 6) is -0.854. The molecule has 1 aromatic rings. The van der Waals surface area contributed by atoms with Gasteiger partial charge in [-0.2, -0.15) is 0 Å². The van der Waals surface area contributed by atoms with Crippen LogP contribution >= 0.6 is 10.7 Å². The van der Waals surface area contributed by atoms with E-state index in [0.717, 1.165) is 24.6 Å². The molecule has 1 aromatic carbocycles. The van der Waals surface area contributed by atoms with E-state index in [9.17, 15) is 17.6 Å². The summed E-state index contributed by atoms with van der Waals surface area (Å²) in [7, 11) is 2.71. The molecule has 0 saturated heterocycles. The number of hydrogen-bond acceptors (Lipinski definition) is 3. The number of amides is 1. The number of rotatable bonds is 5. The van der Waals surface area contributed by atoms with E-state index in [1.165, 1.54) is 4.90 Å². The zero-order valence-electron chi connectivity index (χ0n) is 11.6. The largest absolute Gasteiger partial charge is 0.342 e. The molecule has 0 heterocycles. The Morgan fingerprint density at radius 1 is 1.40 bits per heavy atom. The maximum Gasteiger partial charge on any atom is 0.262 e. The number of halogens is 2. The predicted molar refractivity (Wildman–Crippen MR) is 75.9 cm³/mol. The third-order valence-electron chi connectivity index (χ3n) is 2.82. The Balaban J connectivity index is 3.12. The maximum absolute atomic E-state index is 13.3. The van der Waals surface area contributed by atoms with Crippen molar-refractivity contribution in [3.8, 4) is 0 Å². The van der Waals surface area contributed by atoms with Crippen LogP contribution < -0.4 is 0 Å². The molecule has 4 nitrogen and oxygen atoms in total. The van der Waals surface area contributed by atoms with Crippen molar-refractivity contribution in [2.45, 2.75) is 25.2 Å². The smallest absolute Gasteiger partial charge is 0.262 e. The Kier molecular flexibility index (Phi) is 5.53. The van der Waals surface area contributed by atoms with Crippen molar-refractivity contribution >= 4 is 25.6 Å². The van der Waals surface area contributed by atoms with Crippen LogP contribution in [0.4, 0.5) is 4.39 Å². The van der Waals surface area contributed by atoms with Crippen molar-refractivity contribution in [2.75, 3.05) is 13.6 Å². The summed E-state index contributed by atoms with van der Waals surface area (Å²) in [5.41, 5.74) is -0.244. The van der Waals surface area contributed by atoms with Gasteiger partial charge in [0.05, 0.1) is 10.5 Å². The summed E-state index contributed by atoms with van der Waals surface area (Å²) in [5, 5.41) is 0. The first-order valence-electron chi connectivity index (χ1n) is 6.12. The van der Waals surface area contributed by atoms with E-state index in [-0.39, 0.29) is 10.5 Å². The van der Waals surface area contributed by atoms with Crippen LogP contribution in [-0.2, 0) is 9.05 Å². The van der Waals surface area contributed by atoms with Crippen molar-refractivity contribution < 1.29 is 17.6 Å². The Morgan fingerprint density at radius 3 is 2.50 bits per heavy atom. The first-order chi connectivity index (χ1) is 9.12. The predicted octanol–water partition coefficient (Wildman–Crippen LogP) is 2.87. The zero-order valence-corrected chi connectivity index (χ0v) is 13.1. The lowest BCUT2D eigenvalue weighted by atomic mass is 10.1. The first kappa shape index (κ1) is 16.9. The zero-order chi connectivity index (χ0) is 15.5. The highest BCUT2D eigenvalue weighted by atomic mass is 35.7. The number of carbonyl (C=O) groups is 1. The van der Waals surface area contributed by atoms with Crippen LogP contribution in [0.25, 0.3) is 0 Å². The molecule has 0 aromatic heterocycles. The van der Waals surface area contributed by atoms with Gasteiger partial charge in [-0.05, 0) is 30.5 Å². The third kappa shape index (κ3) is 4.45. The van der Waals surface area contributed by atoms with E-state index in [1.807, 2.05) is 13.8 Å². The first-order valence-corrected chi connectivity index (χ1v) is 8.43. The molecule has 0 radical (unpaired) electrons. The number of hydrogen-bond donors (Lipinski definition) is 0.